The van der Waals surface area contributed by atoms with E-state index in [1.807, 2.05) is 0 Å². The number of likely N-dealkylation sites (tertiary alicyclic amines) is 1. The minimum Gasteiger partial charge on any atom is -0.464 e. The zero-order valence-electron chi connectivity index (χ0n) is 13.2. The maximum absolute atomic E-state index is 12.2. The summed E-state index contributed by atoms with van der Waals surface area (Å²) >= 11 is 0. The van der Waals surface area contributed by atoms with Gasteiger partial charge in [-0.25, -0.2) is 9.59 Å². The molecule has 1 fully saturated rings. The Kier molecular flexibility index (Phi) is 5.57. The van der Waals surface area contributed by atoms with Gasteiger partial charge < -0.3 is 14.2 Å². The number of carbonyl (C=O) groups is 3. The second kappa shape index (κ2) is 6.78. The second-order valence-corrected chi connectivity index (χ2v) is 5.81. The van der Waals surface area contributed by atoms with Crippen molar-refractivity contribution in [3.8, 4) is 0 Å². The summed E-state index contributed by atoms with van der Waals surface area (Å²) in [5.41, 5.74) is -0.671. The Bertz CT molecular complexity index is 414. The third-order valence-corrected chi connectivity index (χ3v) is 2.82. The van der Waals surface area contributed by atoms with Crippen LogP contribution in [0.1, 0.15) is 41.0 Å². The predicted octanol–water partition coefficient (Wildman–Crippen LogP) is 1.49. The number of rotatable bonds is 3. The molecule has 0 N–H and O–H groups in total. The van der Waals surface area contributed by atoms with Crippen LogP contribution in [0.15, 0.2) is 0 Å². The summed E-state index contributed by atoms with van der Waals surface area (Å²) in [5.74, 6) is -1.09. The molecule has 120 valence electrons. The van der Waals surface area contributed by atoms with Crippen LogP contribution in [0.4, 0.5) is 4.79 Å². The standard InChI is InChI=1S/C14H23NO6/c1-6-19-12(17)11-10(20-9(2)16)7-8-15(11)13(18)21-14(3,4)5/h10-11H,6-8H2,1-5H3/t10-,11+/m0/s1. The molecule has 0 aromatic carbocycles. The summed E-state index contributed by atoms with van der Waals surface area (Å²) < 4.78 is 15.4. The van der Waals surface area contributed by atoms with E-state index in [0.29, 0.717) is 6.42 Å². The van der Waals surface area contributed by atoms with Gasteiger partial charge in [0.15, 0.2) is 6.04 Å². The van der Waals surface area contributed by atoms with Crippen LogP contribution in [0.2, 0.25) is 0 Å². The molecule has 0 saturated carbocycles. The van der Waals surface area contributed by atoms with Gasteiger partial charge in [-0.3, -0.25) is 9.69 Å². The van der Waals surface area contributed by atoms with Crippen LogP contribution >= 0.6 is 0 Å². The van der Waals surface area contributed by atoms with Crippen LogP contribution in [0.25, 0.3) is 0 Å². The summed E-state index contributed by atoms with van der Waals surface area (Å²) in [4.78, 5) is 36.6. The van der Waals surface area contributed by atoms with Gasteiger partial charge in [0.2, 0.25) is 0 Å². The maximum Gasteiger partial charge on any atom is 0.411 e. The molecular weight excluding hydrogens is 278 g/mol. The number of hydrogen-bond acceptors (Lipinski definition) is 6. The highest BCUT2D eigenvalue weighted by Crippen LogP contribution is 2.25. The Labute approximate surface area is 124 Å². The van der Waals surface area contributed by atoms with E-state index < -0.39 is 35.8 Å². The molecule has 7 nitrogen and oxygen atoms in total. The van der Waals surface area contributed by atoms with Crippen molar-refractivity contribution in [3.63, 3.8) is 0 Å². The molecule has 1 aliphatic rings. The third-order valence-electron chi connectivity index (χ3n) is 2.82. The van der Waals surface area contributed by atoms with Gasteiger partial charge in [0, 0.05) is 19.9 Å². The zero-order valence-corrected chi connectivity index (χ0v) is 13.2. The Morgan fingerprint density at radius 3 is 2.33 bits per heavy atom. The fraction of sp³-hybridized carbons (Fsp3) is 0.786. The minimum atomic E-state index is -0.955. The number of carbonyl (C=O) groups excluding carboxylic acids is 3. The Balaban J connectivity index is 2.89. The molecule has 0 aromatic heterocycles. The molecule has 0 spiro atoms. The third kappa shape index (κ3) is 4.91. The van der Waals surface area contributed by atoms with Crippen LogP contribution in [0.3, 0.4) is 0 Å². The van der Waals surface area contributed by atoms with Crippen LogP contribution in [0.5, 0.6) is 0 Å². The SMILES string of the molecule is CCOC(=O)[C@H]1[C@@H](OC(C)=O)CCN1C(=O)OC(C)(C)C. The summed E-state index contributed by atoms with van der Waals surface area (Å²) in [6.45, 7) is 8.61. The Morgan fingerprint density at radius 2 is 1.86 bits per heavy atom. The van der Waals surface area contributed by atoms with Crippen molar-refractivity contribution in [2.24, 2.45) is 0 Å². The summed E-state index contributed by atoms with van der Waals surface area (Å²) in [6.07, 6.45) is -0.938. The van der Waals surface area contributed by atoms with Crippen molar-refractivity contribution >= 4 is 18.0 Å². The molecule has 1 saturated heterocycles. The molecule has 1 amide bonds. The van der Waals surface area contributed by atoms with Crippen LogP contribution < -0.4 is 0 Å². The first-order chi connectivity index (χ1) is 9.65. The van der Waals surface area contributed by atoms with Crippen molar-refractivity contribution in [3.05, 3.63) is 0 Å². The largest absolute Gasteiger partial charge is 0.464 e. The van der Waals surface area contributed by atoms with E-state index in [9.17, 15) is 14.4 Å². The molecule has 0 aromatic rings. The van der Waals surface area contributed by atoms with Gasteiger partial charge in [0.05, 0.1) is 6.61 Å². The zero-order chi connectivity index (χ0) is 16.2. The highest BCUT2D eigenvalue weighted by molar-refractivity contribution is 5.83. The summed E-state index contributed by atoms with van der Waals surface area (Å²) in [5, 5.41) is 0. The maximum atomic E-state index is 12.2. The molecule has 1 aliphatic heterocycles. The lowest BCUT2D eigenvalue weighted by Gasteiger charge is -2.28. The van der Waals surface area contributed by atoms with Crippen molar-refractivity contribution < 1.29 is 28.6 Å². The lowest BCUT2D eigenvalue weighted by atomic mass is 10.1. The van der Waals surface area contributed by atoms with E-state index in [0.717, 1.165) is 0 Å². The molecule has 0 aliphatic carbocycles. The van der Waals surface area contributed by atoms with E-state index in [-0.39, 0.29) is 13.2 Å². The second-order valence-electron chi connectivity index (χ2n) is 5.81. The lowest BCUT2D eigenvalue weighted by molar-refractivity contribution is -0.157. The number of hydrogen-bond donors (Lipinski definition) is 0. The van der Waals surface area contributed by atoms with Gasteiger partial charge in [-0.05, 0) is 27.7 Å². The van der Waals surface area contributed by atoms with Gasteiger partial charge in [0.25, 0.3) is 0 Å². The molecule has 1 heterocycles. The Hall–Kier alpha value is -1.79. The number of amides is 1. The van der Waals surface area contributed by atoms with Crippen molar-refractivity contribution in [1.29, 1.82) is 0 Å². The first-order valence-corrected chi connectivity index (χ1v) is 6.99. The van der Waals surface area contributed by atoms with E-state index in [1.54, 1.807) is 27.7 Å². The van der Waals surface area contributed by atoms with Gasteiger partial charge >= 0.3 is 18.0 Å². The molecule has 0 radical (unpaired) electrons. The fourth-order valence-electron chi connectivity index (χ4n) is 2.13. The fourth-order valence-corrected chi connectivity index (χ4v) is 2.13. The van der Waals surface area contributed by atoms with Gasteiger partial charge in [0.1, 0.15) is 11.7 Å². The average Bonchev–Trinajstić information content (AvgIpc) is 2.69. The van der Waals surface area contributed by atoms with E-state index in [1.165, 1.54) is 11.8 Å². The molecule has 0 unspecified atom stereocenters. The average molecular weight is 301 g/mol. The first kappa shape index (κ1) is 17.3. The molecule has 0 bridgehead atoms. The monoisotopic (exact) mass is 301 g/mol. The molecule has 2 atom stereocenters. The number of ether oxygens (including phenoxy) is 3. The molecular formula is C14H23NO6. The molecule has 1 rings (SSSR count). The van der Waals surface area contributed by atoms with Crippen molar-refractivity contribution in [1.82, 2.24) is 4.90 Å². The number of nitrogens with zero attached hydrogens (tertiary/aromatic N) is 1. The first-order valence-electron chi connectivity index (χ1n) is 6.99. The minimum absolute atomic E-state index is 0.185. The summed E-state index contributed by atoms with van der Waals surface area (Å²) in [7, 11) is 0. The highest BCUT2D eigenvalue weighted by atomic mass is 16.6. The van der Waals surface area contributed by atoms with E-state index >= 15 is 0 Å². The van der Waals surface area contributed by atoms with Crippen molar-refractivity contribution in [2.45, 2.75) is 58.8 Å². The molecule has 7 heteroatoms. The van der Waals surface area contributed by atoms with Crippen molar-refractivity contribution in [2.75, 3.05) is 13.2 Å². The quantitative estimate of drug-likeness (QED) is 0.580. The van der Waals surface area contributed by atoms with Crippen LogP contribution in [-0.4, -0.2) is 53.8 Å². The van der Waals surface area contributed by atoms with Crippen LogP contribution in [-0.2, 0) is 23.8 Å². The smallest absolute Gasteiger partial charge is 0.411 e. The van der Waals surface area contributed by atoms with Gasteiger partial charge in [-0.15, -0.1) is 0 Å². The van der Waals surface area contributed by atoms with E-state index in [2.05, 4.69) is 0 Å². The predicted molar refractivity (Wildman–Crippen MR) is 73.5 cm³/mol. The topological polar surface area (TPSA) is 82.1 Å². The number of esters is 2. The van der Waals surface area contributed by atoms with Gasteiger partial charge in [-0.2, -0.15) is 0 Å². The van der Waals surface area contributed by atoms with E-state index in [4.69, 9.17) is 14.2 Å². The highest BCUT2D eigenvalue weighted by Gasteiger charge is 2.46. The summed E-state index contributed by atoms with van der Waals surface area (Å²) in [6, 6.07) is -0.955. The van der Waals surface area contributed by atoms with Crippen LogP contribution in [0, 0.1) is 0 Å². The van der Waals surface area contributed by atoms with Gasteiger partial charge in [-0.1, -0.05) is 0 Å². The Morgan fingerprint density at radius 1 is 1.24 bits per heavy atom. The lowest BCUT2D eigenvalue weighted by Crippen LogP contribution is -2.48. The normalized spacial score (nSPS) is 21.9. The molecule has 21 heavy (non-hydrogen) atoms.